The Labute approximate surface area is 108 Å². The molecule has 0 bridgehead atoms. The van der Waals surface area contributed by atoms with E-state index < -0.39 is 13.0 Å². The van der Waals surface area contributed by atoms with Crippen molar-refractivity contribution in [1.82, 2.24) is 15.0 Å². The highest BCUT2D eigenvalue weighted by atomic mass is 19.3. The SMILES string of the molecule is NNc1nc(NCC(F)F)nc(N2CCOCC2)n1. The fraction of sp³-hybridized carbons (Fsp3) is 0.667. The van der Waals surface area contributed by atoms with Gasteiger partial charge < -0.3 is 15.0 Å². The minimum absolute atomic E-state index is 0.0599. The lowest BCUT2D eigenvalue weighted by Crippen LogP contribution is -2.37. The number of nitrogens with two attached hydrogens (primary N) is 1. The number of alkyl halides is 2. The minimum atomic E-state index is -2.49. The van der Waals surface area contributed by atoms with E-state index in [1.165, 1.54) is 0 Å². The van der Waals surface area contributed by atoms with Gasteiger partial charge in [-0.3, -0.25) is 5.43 Å². The van der Waals surface area contributed by atoms with Crippen molar-refractivity contribution in [3.63, 3.8) is 0 Å². The summed E-state index contributed by atoms with van der Waals surface area (Å²) in [5, 5.41) is 2.43. The maximum Gasteiger partial charge on any atom is 0.255 e. The number of anilines is 3. The first-order chi connectivity index (χ1) is 9.19. The lowest BCUT2D eigenvalue weighted by atomic mass is 10.4. The van der Waals surface area contributed by atoms with Gasteiger partial charge in [0, 0.05) is 13.1 Å². The number of nitrogens with zero attached hydrogens (tertiary/aromatic N) is 4. The molecule has 0 aromatic carbocycles. The number of rotatable bonds is 5. The number of aromatic nitrogens is 3. The van der Waals surface area contributed by atoms with Crippen LogP contribution < -0.4 is 21.5 Å². The van der Waals surface area contributed by atoms with Crippen LogP contribution in [-0.2, 0) is 4.74 Å². The van der Waals surface area contributed by atoms with Gasteiger partial charge in [-0.1, -0.05) is 0 Å². The Morgan fingerprint density at radius 1 is 1.21 bits per heavy atom. The van der Waals surface area contributed by atoms with E-state index in [2.05, 4.69) is 25.7 Å². The molecule has 10 heteroatoms. The van der Waals surface area contributed by atoms with Crippen molar-refractivity contribution in [2.24, 2.45) is 5.84 Å². The fourth-order valence-corrected chi connectivity index (χ4v) is 1.58. The van der Waals surface area contributed by atoms with Crippen LogP contribution in [0.15, 0.2) is 0 Å². The lowest BCUT2D eigenvalue weighted by Gasteiger charge is -2.27. The van der Waals surface area contributed by atoms with Crippen LogP contribution in [0.5, 0.6) is 0 Å². The zero-order valence-electron chi connectivity index (χ0n) is 10.1. The van der Waals surface area contributed by atoms with E-state index in [9.17, 15) is 8.78 Å². The molecule has 1 aliphatic heterocycles. The van der Waals surface area contributed by atoms with Crippen molar-refractivity contribution in [2.75, 3.05) is 48.5 Å². The number of hydrogen-bond acceptors (Lipinski definition) is 8. The topological polar surface area (TPSA) is 101 Å². The van der Waals surface area contributed by atoms with Crippen LogP contribution in [0, 0.1) is 0 Å². The van der Waals surface area contributed by atoms with Gasteiger partial charge in [0.1, 0.15) is 0 Å². The van der Waals surface area contributed by atoms with Gasteiger partial charge in [-0.25, -0.2) is 14.6 Å². The Kier molecular flexibility index (Phi) is 4.58. The van der Waals surface area contributed by atoms with E-state index >= 15 is 0 Å². The molecule has 0 aliphatic carbocycles. The van der Waals surface area contributed by atoms with Gasteiger partial charge in [-0.05, 0) is 0 Å². The molecule has 0 spiro atoms. The average molecular weight is 275 g/mol. The first-order valence-corrected chi connectivity index (χ1v) is 5.76. The van der Waals surface area contributed by atoms with E-state index in [0.29, 0.717) is 32.3 Å². The van der Waals surface area contributed by atoms with Gasteiger partial charge in [0.15, 0.2) is 0 Å². The van der Waals surface area contributed by atoms with E-state index in [0.717, 1.165) is 0 Å². The van der Waals surface area contributed by atoms with E-state index in [4.69, 9.17) is 10.6 Å². The number of nitrogens with one attached hydrogen (secondary N) is 2. The minimum Gasteiger partial charge on any atom is -0.378 e. The molecule has 0 unspecified atom stereocenters. The molecule has 1 aliphatic rings. The zero-order valence-corrected chi connectivity index (χ0v) is 10.1. The molecule has 106 valence electrons. The first kappa shape index (κ1) is 13.6. The monoisotopic (exact) mass is 275 g/mol. The predicted molar refractivity (Wildman–Crippen MR) is 65.2 cm³/mol. The highest BCUT2D eigenvalue weighted by molar-refractivity contribution is 5.43. The molecule has 4 N–H and O–H groups in total. The van der Waals surface area contributed by atoms with Crippen molar-refractivity contribution in [3.8, 4) is 0 Å². The Bertz CT molecular complexity index is 414. The third kappa shape index (κ3) is 3.83. The number of nitrogen functional groups attached to an aromatic ring is 1. The molecule has 2 rings (SSSR count). The quantitative estimate of drug-likeness (QED) is 0.496. The summed E-state index contributed by atoms with van der Waals surface area (Å²) in [7, 11) is 0. The molecule has 0 radical (unpaired) electrons. The van der Waals surface area contributed by atoms with E-state index in [1.54, 1.807) is 0 Å². The van der Waals surface area contributed by atoms with Crippen molar-refractivity contribution >= 4 is 17.8 Å². The zero-order chi connectivity index (χ0) is 13.7. The van der Waals surface area contributed by atoms with Gasteiger partial charge in [-0.2, -0.15) is 15.0 Å². The standard InChI is InChI=1S/C9H15F2N7O/c10-6(11)5-13-7-14-8(17-12)16-9(15-7)18-1-3-19-4-2-18/h6H,1-5,12H2,(H2,13,14,15,16,17). The number of ether oxygens (including phenoxy) is 1. The second-order valence-electron chi connectivity index (χ2n) is 3.80. The van der Waals surface area contributed by atoms with Gasteiger partial charge in [0.2, 0.25) is 17.8 Å². The molecule has 1 aromatic rings. The van der Waals surface area contributed by atoms with Crippen LogP contribution in [0.1, 0.15) is 0 Å². The Balaban J connectivity index is 2.14. The van der Waals surface area contributed by atoms with Crippen LogP contribution in [-0.4, -0.2) is 54.2 Å². The number of hydrazine groups is 1. The fourth-order valence-electron chi connectivity index (χ4n) is 1.58. The summed E-state index contributed by atoms with van der Waals surface area (Å²) < 4.78 is 29.5. The third-order valence-corrected chi connectivity index (χ3v) is 2.46. The summed E-state index contributed by atoms with van der Waals surface area (Å²) in [6.07, 6.45) is -2.49. The smallest absolute Gasteiger partial charge is 0.255 e. The van der Waals surface area contributed by atoms with Crippen molar-refractivity contribution in [2.45, 2.75) is 6.43 Å². The van der Waals surface area contributed by atoms with Gasteiger partial charge >= 0.3 is 0 Å². The molecular formula is C9H15F2N7O. The van der Waals surface area contributed by atoms with Crippen molar-refractivity contribution in [3.05, 3.63) is 0 Å². The average Bonchev–Trinajstić information content (AvgIpc) is 2.45. The molecule has 1 fully saturated rings. The third-order valence-electron chi connectivity index (χ3n) is 2.46. The second kappa shape index (κ2) is 6.38. The molecule has 1 aromatic heterocycles. The molecule has 1 saturated heterocycles. The summed E-state index contributed by atoms with van der Waals surface area (Å²) in [4.78, 5) is 13.9. The Morgan fingerprint density at radius 3 is 2.53 bits per heavy atom. The highest BCUT2D eigenvalue weighted by Gasteiger charge is 2.16. The van der Waals surface area contributed by atoms with Crippen LogP contribution in [0.3, 0.4) is 0 Å². The maximum atomic E-state index is 12.2. The summed E-state index contributed by atoms with van der Waals surface area (Å²) in [5.74, 6) is 5.81. The molecule has 8 nitrogen and oxygen atoms in total. The summed E-state index contributed by atoms with van der Waals surface area (Å²) in [6.45, 7) is 1.86. The number of morpholine rings is 1. The molecule has 0 saturated carbocycles. The largest absolute Gasteiger partial charge is 0.378 e. The lowest BCUT2D eigenvalue weighted by molar-refractivity contribution is 0.122. The number of hydrogen-bond donors (Lipinski definition) is 3. The summed E-state index contributed by atoms with van der Waals surface area (Å²) in [6, 6.07) is 0. The van der Waals surface area contributed by atoms with E-state index in [-0.39, 0.29) is 11.9 Å². The van der Waals surface area contributed by atoms with Crippen LogP contribution in [0.25, 0.3) is 0 Å². The molecule has 0 atom stereocenters. The summed E-state index contributed by atoms with van der Waals surface area (Å²) in [5.41, 5.74) is 2.29. The second-order valence-corrected chi connectivity index (χ2v) is 3.80. The van der Waals surface area contributed by atoms with Crippen LogP contribution >= 0.6 is 0 Å². The maximum absolute atomic E-state index is 12.2. The van der Waals surface area contributed by atoms with Crippen LogP contribution in [0.4, 0.5) is 26.6 Å². The predicted octanol–water partition coefficient (Wildman–Crippen LogP) is -0.329. The number of halogens is 2. The van der Waals surface area contributed by atoms with Gasteiger partial charge in [-0.15, -0.1) is 0 Å². The normalized spacial score (nSPS) is 15.7. The van der Waals surface area contributed by atoms with Gasteiger partial charge in [0.05, 0.1) is 19.8 Å². The Morgan fingerprint density at radius 2 is 1.89 bits per heavy atom. The molecular weight excluding hydrogens is 260 g/mol. The van der Waals surface area contributed by atoms with Crippen LogP contribution in [0.2, 0.25) is 0 Å². The summed E-state index contributed by atoms with van der Waals surface area (Å²) >= 11 is 0. The molecule has 2 heterocycles. The van der Waals surface area contributed by atoms with E-state index in [1.807, 2.05) is 4.90 Å². The van der Waals surface area contributed by atoms with Gasteiger partial charge in [0.25, 0.3) is 6.43 Å². The van der Waals surface area contributed by atoms with Crippen molar-refractivity contribution < 1.29 is 13.5 Å². The highest BCUT2D eigenvalue weighted by Crippen LogP contribution is 2.14. The van der Waals surface area contributed by atoms with Crippen molar-refractivity contribution in [1.29, 1.82) is 0 Å². The molecule has 19 heavy (non-hydrogen) atoms. The Hall–Kier alpha value is -1.81. The first-order valence-electron chi connectivity index (χ1n) is 5.76. The molecule has 0 amide bonds.